The molecule has 1 aromatic carbocycles. The Morgan fingerprint density at radius 1 is 1.38 bits per heavy atom. The van der Waals surface area contributed by atoms with Gasteiger partial charge in [-0.15, -0.1) is 10.2 Å². The molecular formula is C13H13N7O. The molecule has 1 amide bonds. The van der Waals surface area contributed by atoms with E-state index in [2.05, 4.69) is 30.9 Å². The summed E-state index contributed by atoms with van der Waals surface area (Å²) in [5.74, 6) is 0.269. The number of tetrazole rings is 1. The number of imidazole rings is 1. The van der Waals surface area contributed by atoms with Crippen LogP contribution in [0.3, 0.4) is 0 Å². The first-order valence-electron chi connectivity index (χ1n) is 6.36. The van der Waals surface area contributed by atoms with Crippen molar-refractivity contribution in [3.05, 3.63) is 59.9 Å². The molecule has 0 saturated carbocycles. The van der Waals surface area contributed by atoms with Gasteiger partial charge in [-0.05, 0) is 17.7 Å². The number of hydrogen-bond donors (Lipinski definition) is 2. The summed E-state index contributed by atoms with van der Waals surface area (Å²) in [6.07, 6.45) is 5.34. The van der Waals surface area contributed by atoms with E-state index in [-0.39, 0.29) is 12.5 Å². The second kappa shape index (κ2) is 5.95. The molecule has 8 nitrogen and oxygen atoms in total. The van der Waals surface area contributed by atoms with Crippen molar-refractivity contribution in [1.82, 2.24) is 35.5 Å². The van der Waals surface area contributed by atoms with Gasteiger partial charge in [-0.3, -0.25) is 4.79 Å². The molecule has 0 fully saturated rings. The first kappa shape index (κ1) is 13.0. The summed E-state index contributed by atoms with van der Waals surface area (Å²) in [7, 11) is 0. The fourth-order valence-corrected chi connectivity index (χ4v) is 1.92. The average Bonchev–Trinajstić information content (AvgIpc) is 3.18. The summed E-state index contributed by atoms with van der Waals surface area (Å²) >= 11 is 0. The number of amides is 1. The van der Waals surface area contributed by atoms with Crippen molar-refractivity contribution in [3.63, 3.8) is 0 Å². The minimum atomic E-state index is -0.174. The number of aromatic amines is 1. The van der Waals surface area contributed by atoms with Crippen LogP contribution in [0.25, 0.3) is 0 Å². The van der Waals surface area contributed by atoms with Crippen LogP contribution in [-0.4, -0.2) is 36.1 Å². The quantitative estimate of drug-likeness (QED) is 0.704. The lowest BCUT2D eigenvalue weighted by molar-refractivity contribution is 0.0950. The molecule has 0 spiro atoms. The van der Waals surface area contributed by atoms with Crippen LogP contribution in [0.15, 0.2) is 43.0 Å². The van der Waals surface area contributed by atoms with E-state index in [1.54, 1.807) is 18.6 Å². The summed E-state index contributed by atoms with van der Waals surface area (Å²) in [5, 5.41) is 16.1. The second-order valence-corrected chi connectivity index (χ2v) is 4.45. The van der Waals surface area contributed by atoms with Gasteiger partial charge in [-0.1, -0.05) is 17.3 Å². The largest absolute Gasteiger partial charge is 0.345 e. The molecule has 106 valence electrons. The molecule has 0 saturated heterocycles. The van der Waals surface area contributed by atoms with Crippen molar-refractivity contribution in [2.75, 3.05) is 0 Å². The number of benzene rings is 1. The molecule has 3 rings (SSSR count). The van der Waals surface area contributed by atoms with Crippen LogP contribution >= 0.6 is 0 Å². The lowest BCUT2D eigenvalue weighted by Crippen LogP contribution is -2.23. The fourth-order valence-electron chi connectivity index (χ4n) is 1.92. The third-order valence-electron chi connectivity index (χ3n) is 2.91. The molecule has 2 aromatic heterocycles. The van der Waals surface area contributed by atoms with E-state index in [1.807, 2.05) is 29.0 Å². The van der Waals surface area contributed by atoms with E-state index in [9.17, 15) is 4.79 Å². The zero-order chi connectivity index (χ0) is 14.5. The predicted octanol–water partition coefficient (Wildman–Crippen LogP) is 0.374. The molecule has 0 unspecified atom stereocenters. The summed E-state index contributed by atoms with van der Waals surface area (Å²) in [4.78, 5) is 16.1. The Bertz CT molecular complexity index is 706. The average molecular weight is 283 g/mol. The number of nitrogens with zero attached hydrogens (tertiary/aromatic N) is 5. The zero-order valence-electron chi connectivity index (χ0n) is 11.1. The lowest BCUT2D eigenvalue weighted by Gasteiger charge is -2.06. The van der Waals surface area contributed by atoms with Crippen molar-refractivity contribution in [3.8, 4) is 0 Å². The summed E-state index contributed by atoms with van der Waals surface area (Å²) in [6, 6.07) is 7.44. The maximum absolute atomic E-state index is 12.1. The Labute approximate surface area is 120 Å². The van der Waals surface area contributed by atoms with Crippen molar-refractivity contribution >= 4 is 5.91 Å². The van der Waals surface area contributed by atoms with E-state index in [1.165, 1.54) is 0 Å². The minimum Gasteiger partial charge on any atom is -0.345 e. The highest BCUT2D eigenvalue weighted by molar-refractivity contribution is 5.94. The van der Waals surface area contributed by atoms with Gasteiger partial charge < -0.3 is 9.88 Å². The molecule has 0 aliphatic rings. The topological polar surface area (TPSA) is 101 Å². The summed E-state index contributed by atoms with van der Waals surface area (Å²) in [5.41, 5.74) is 1.62. The van der Waals surface area contributed by atoms with E-state index in [0.29, 0.717) is 17.9 Å². The number of rotatable bonds is 5. The Kier molecular flexibility index (Phi) is 3.68. The van der Waals surface area contributed by atoms with Crippen LogP contribution < -0.4 is 5.32 Å². The lowest BCUT2D eigenvalue weighted by atomic mass is 10.1. The van der Waals surface area contributed by atoms with Crippen molar-refractivity contribution in [2.24, 2.45) is 0 Å². The normalized spacial score (nSPS) is 10.5. The van der Waals surface area contributed by atoms with Crippen LogP contribution in [0, 0.1) is 0 Å². The highest BCUT2D eigenvalue weighted by Gasteiger charge is 2.07. The van der Waals surface area contributed by atoms with E-state index >= 15 is 0 Å². The van der Waals surface area contributed by atoms with Gasteiger partial charge in [0.15, 0.2) is 5.82 Å². The molecule has 0 aliphatic heterocycles. The van der Waals surface area contributed by atoms with Gasteiger partial charge in [-0.25, -0.2) is 4.98 Å². The molecular weight excluding hydrogens is 270 g/mol. The van der Waals surface area contributed by atoms with Crippen LogP contribution in [0.5, 0.6) is 0 Å². The number of carbonyl (C=O) groups is 1. The first-order chi connectivity index (χ1) is 10.3. The zero-order valence-corrected chi connectivity index (χ0v) is 11.1. The van der Waals surface area contributed by atoms with E-state index in [4.69, 9.17) is 0 Å². The number of H-pyrrole nitrogens is 1. The molecule has 0 atom stereocenters. The Morgan fingerprint density at radius 3 is 3.10 bits per heavy atom. The maximum atomic E-state index is 12.1. The maximum Gasteiger partial charge on any atom is 0.251 e. The Morgan fingerprint density at radius 2 is 2.33 bits per heavy atom. The smallest absolute Gasteiger partial charge is 0.251 e. The van der Waals surface area contributed by atoms with Crippen LogP contribution in [-0.2, 0) is 13.1 Å². The van der Waals surface area contributed by atoms with Crippen LogP contribution in [0.4, 0.5) is 0 Å². The van der Waals surface area contributed by atoms with Crippen molar-refractivity contribution in [2.45, 2.75) is 13.1 Å². The Balaban J connectivity index is 1.65. The fraction of sp³-hybridized carbons (Fsp3) is 0.154. The van der Waals surface area contributed by atoms with Crippen molar-refractivity contribution in [1.29, 1.82) is 0 Å². The van der Waals surface area contributed by atoms with Gasteiger partial charge in [0.1, 0.15) is 0 Å². The van der Waals surface area contributed by atoms with Gasteiger partial charge >= 0.3 is 0 Å². The molecule has 8 heteroatoms. The molecule has 0 aliphatic carbocycles. The number of aromatic nitrogens is 6. The molecule has 21 heavy (non-hydrogen) atoms. The monoisotopic (exact) mass is 283 g/mol. The molecule has 0 bridgehead atoms. The Hall–Kier alpha value is -3.03. The number of hydrogen-bond acceptors (Lipinski definition) is 5. The highest BCUT2D eigenvalue weighted by Crippen LogP contribution is 2.07. The first-order valence-corrected chi connectivity index (χ1v) is 6.36. The van der Waals surface area contributed by atoms with Gasteiger partial charge in [0.05, 0.1) is 12.9 Å². The van der Waals surface area contributed by atoms with Gasteiger partial charge in [-0.2, -0.15) is 5.21 Å². The standard InChI is InChI=1S/C13H13N7O/c21-13(15-7-12-16-18-19-17-12)11-3-1-2-10(6-11)8-20-5-4-14-9-20/h1-6,9H,7-8H2,(H,15,21)(H,16,17,18,19). The molecule has 3 aromatic rings. The molecule has 0 radical (unpaired) electrons. The minimum absolute atomic E-state index is 0.174. The molecule has 2 N–H and O–H groups in total. The third kappa shape index (κ3) is 3.30. The van der Waals surface area contributed by atoms with Gasteiger partial charge in [0.2, 0.25) is 0 Å². The van der Waals surface area contributed by atoms with Crippen LogP contribution in [0.2, 0.25) is 0 Å². The van der Waals surface area contributed by atoms with E-state index < -0.39 is 0 Å². The summed E-state index contributed by atoms with van der Waals surface area (Å²) in [6.45, 7) is 0.910. The SMILES string of the molecule is O=C(NCc1nn[nH]n1)c1cccc(Cn2ccnc2)c1. The van der Waals surface area contributed by atoms with E-state index in [0.717, 1.165) is 5.56 Å². The summed E-state index contributed by atoms with van der Waals surface area (Å²) < 4.78 is 1.94. The van der Waals surface area contributed by atoms with Crippen molar-refractivity contribution < 1.29 is 4.79 Å². The highest BCUT2D eigenvalue weighted by atomic mass is 16.1. The van der Waals surface area contributed by atoms with Gasteiger partial charge in [0, 0.05) is 24.5 Å². The molecule has 2 heterocycles. The number of carbonyl (C=O) groups excluding carboxylic acids is 1. The van der Waals surface area contributed by atoms with Gasteiger partial charge in [0.25, 0.3) is 5.91 Å². The predicted molar refractivity (Wildman–Crippen MR) is 73.1 cm³/mol. The van der Waals surface area contributed by atoms with Crippen LogP contribution in [0.1, 0.15) is 21.7 Å². The second-order valence-electron chi connectivity index (χ2n) is 4.45. The number of nitrogens with one attached hydrogen (secondary N) is 2. The third-order valence-corrected chi connectivity index (χ3v) is 2.91.